The molecule has 0 radical (unpaired) electrons. The van der Waals surface area contributed by atoms with Crippen molar-refractivity contribution in [2.45, 2.75) is 25.7 Å². The summed E-state index contributed by atoms with van der Waals surface area (Å²) in [5.41, 5.74) is -0.0577. The number of hydrogen-bond donors (Lipinski definition) is 2. The molecule has 2 N–H and O–H groups in total. The lowest BCUT2D eigenvalue weighted by atomic mass is 9.80. The number of methoxy groups -OCH3 is 2. The summed E-state index contributed by atoms with van der Waals surface area (Å²) in [6, 6.07) is 5.43. The minimum absolute atomic E-state index is 0.125. The Morgan fingerprint density at radius 2 is 1.96 bits per heavy atom. The van der Waals surface area contributed by atoms with Gasteiger partial charge >= 0.3 is 5.97 Å². The quantitative estimate of drug-likeness (QED) is 0.739. The second-order valence-corrected chi connectivity index (χ2v) is 6.15. The summed E-state index contributed by atoms with van der Waals surface area (Å²) >= 11 is 0. The van der Waals surface area contributed by atoms with Gasteiger partial charge in [-0.15, -0.1) is 0 Å². The van der Waals surface area contributed by atoms with Gasteiger partial charge in [0.1, 0.15) is 11.5 Å². The molecule has 0 saturated carbocycles. The monoisotopic (exact) mass is 351 g/mol. The van der Waals surface area contributed by atoms with Crippen LogP contribution in [-0.2, 0) is 20.7 Å². The van der Waals surface area contributed by atoms with Crippen molar-refractivity contribution in [3.05, 3.63) is 23.8 Å². The van der Waals surface area contributed by atoms with Crippen molar-refractivity contribution in [2.24, 2.45) is 5.41 Å². The first-order valence-electron chi connectivity index (χ1n) is 8.29. The van der Waals surface area contributed by atoms with Gasteiger partial charge in [-0.3, -0.25) is 9.59 Å². The molecule has 1 fully saturated rings. The number of nitrogens with one attached hydrogen (secondary N) is 1. The smallest absolute Gasteiger partial charge is 0.311 e. The zero-order chi connectivity index (χ0) is 18.3. The molecule has 7 nitrogen and oxygen atoms in total. The van der Waals surface area contributed by atoms with Crippen molar-refractivity contribution in [1.82, 2.24) is 5.32 Å². The third-order valence-corrected chi connectivity index (χ3v) is 4.64. The number of hydrogen-bond acceptors (Lipinski definition) is 5. The third-order valence-electron chi connectivity index (χ3n) is 4.64. The van der Waals surface area contributed by atoms with E-state index < -0.39 is 11.4 Å². The van der Waals surface area contributed by atoms with Gasteiger partial charge in [0.25, 0.3) is 0 Å². The van der Waals surface area contributed by atoms with Gasteiger partial charge in [0.05, 0.1) is 19.6 Å². The van der Waals surface area contributed by atoms with Crippen molar-refractivity contribution >= 4 is 11.9 Å². The van der Waals surface area contributed by atoms with E-state index in [1.54, 1.807) is 26.4 Å². The minimum Gasteiger partial charge on any atom is -0.497 e. The molecule has 1 aliphatic rings. The predicted molar refractivity (Wildman–Crippen MR) is 91.0 cm³/mol. The minimum atomic E-state index is -0.929. The number of carbonyl (C=O) groups is 2. The van der Waals surface area contributed by atoms with E-state index in [0.717, 1.165) is 5.56 Å². The van der Waals surface area contributed by atoms with Crippen LogP contribution in [0.3, 0.4) is 0 Å². The maximum Gasteiger partial charge on any atom is 0.311 e. The topological polar surface area (TPSA) is 94.1 Å². The highest BCUT2D eigenvalue weighted by atomic mass is 16.5. The Balaban J connectivity index is 1.91. The van der Waals surface area contributed by atoms with Gasteiger partial charge in [-0.05, 0) is 43.0 Å². The van der Waals surface area contributed by atoms with Crippen LogP contribution in [0.2, 0.25) is 0 Å². The molecule has 25 heavy (non-hydrogen) atoms. The largest absolute Gasteiger partial charge is 0.497 e. The lowest BCUT2D eigenvalue weighted by molar-refractivity contribution is -0.154. The highest BCUT2D eigenvalue weighted by Gasteiger charge is 2.40. The van der Waals surface area contributed by atoms with E-state index >= 15 is 0 Å². The molecule has 0 aliphatic carbocycles. The predicted octanol–water partition coefficient (Wildman–Crippen LogP) is 1.63. The van der Waals surface area contributed by atoms with E-state index in [2.05, 4.69) is 5.32 Å². The molecule has 138 valence electrons. The number of rotatable bonds is 8. The summed E-state index contributed by atoms with van der Waals surface area (Å²) in [4.78, 5) is 23.8. The number of carboxylic acid groups (broad SMARTS) is 1. The summed E-state index contributed by atoms with van der Waals surface area (Å²) in [5, 5.41) is 12.3. The van der Waals surface area contributed by atoms with Gasteiger partial charge < -0.3 is 24.6 Å². The molecule has 1 saturated heterocycles. The molecule has 7 heteroatoms. The summed E-state index contributed by atoms with van der Waals surface area (Å²) < 4.78 is 15.7. The van der Waals surface area contributed by atoms with Crippen molar-refractivity contribution in [1.29, 1.82) is 0 Å². The molecule has 0 unspecified atom stereocenters. The van der Waals surface area contributed by atoms with E-state index in [1.807, 2.05) is 6.07 Å². The summed E-state index contributed by atoms with van der Waals surface area (Å²) in [5.74, 6) is 0.325. The zero-order valence-corrected chi connectivity index (χ0v) is 14.7. The van der Waals surface area contributed by atoms with Crippen LogP contribution in [0.5, 0.6) is 11.5 Å². The Morgan fingerprint density at radius 1 is 1.24 bits per heavy atom. The molecular weight excluding hydrogens is 326 g/mol. The maximum absolute atomic E-state index is 12.2. The number of benzene rings is 1. The van der Waals surface area contributed by atoms with Crippen LogP contribution in [0.1, 0.15) is 24.8 Å². The van der Waals surface area contributed by atoms with Crippen molar-refractivity contribution in [3.63, 3.8) is 0 Å². The summed E-state index contributed by atoms with van der Waals surface area (Å²) in [7, 11) is 3.16. The van der Waals surface area contributed by atoms with E-state index in [9.17, 15) is 14.7 Å². The number of carbonyl (C=O) groups excluding carboxylic acids is 1. The maximum atomic E-state index is 12.2. The molecule has 1 heterocycles. The second-order valence-electron chi connectivity index (χ2n) is 6.15. The first-order valence-corrected chi connectivity index (χ1v) is 8.29. The second kappa shape index (κ2) is 8.71. The molecule has 1 aromatic carbocycles. The van der Waals surface area contributed by atoms with Gasteiger partial charge in [-0.1, -0.05) is 0 Å². The standard InChI is InChI=1S/C18H25NO6/c1-23-14-4-5-15(24-2)13(11-14)3-6-16(20)19-12-18(17(21)22)7-9-25-10-8-18/h4-5,11H,3,6-10,12H2,1-2H3,(H,19,20)(H,21,22). The van der Waals surface area contributed by atoms with E-state index in [-0.39, 0.29) is 18.9 Å². The lowest BCUT2D eigenvalue weighted by Gasteiger charge is -2.33. The van der Waals surface area contributed by atoms with Crippen LogP contribution in [0.25, 0.3) is 0 Å². The Kier molecular flexibility index (Phi) is 6.64. The number of carboxylic acids is 1. The van der Waals surface area contributed by atoms with E-state index in [0.29, 0.717) is 44.0 Å². The van der Waals surface area contributed by atoms with Gasteiger partial charge in [0, 0.05) is 26.2 Å². The Hall–Kier alpha value is -2.28. The average Bonchev–Trinajstić information content (AvgIpc) is 2.65. The number of amides is 1. The first-order chi connectivity index (χ1) is 12.0. The zero-order valence-electron chi connectivity index (χ0n) is 14.7. The molecule has 1 aliphatic heterocycles. The normalized spacial score (nSPS) is 16.1. The third kappa shape index (κ3) is 4.85. The Bertz CT molecular complexity index is 610. The van der Waals surface area contributed by atoms with Crippen LogP contribution in [0.15, 0.2) is 18.2 Å². The van der Waals surface area contributed by atoms with Crippen LogP contribution in [0, 0.1) is 5.41 Å². The van der Waals surface area contributed by atoms with Crippen LogP contribution < -0.4 is 14.8 Å². The highest BCUT2D eigenvalue weighted by molar-refractivity contribution is 5.79. The van der Waals surface area contributed by atoms with Crippen molar-refractivity contribution in [2.75, 3.05) is 34.0 Å². The fraction of sp³-hybridized carbons (Fsp3) is 0.556. The molecule has 0 aromatic heterocycles. The Labute approximate surface area is 147 Å². The van der Waals surface area contributed by atoms with Gasteiger partial charge in [0.2, 0.25) is 5.91 Å². The highest BCUT2D eigenvalue weighted by Crippen LogP contribution is 2.30. The fourth-order valence-electron chi connectivity index (χ4n) is 2.91. The molecule has 0 atom stereocenters. The molecule has 0 spiro atoms. The average molecular weight is 351 g/mol. The lowest BCUT2D eigenvalue weighted by Crippen LogP contribution is -2.46. The van der Waals surface area contributed by atoms with Crippen molar-refractivity contribution in [3.8, 4) is 11.5 Å². The molecule has 1 aromatic rings. The number of aryl methyl sites for hydroxylation is 1. The molecule has 1 amide bonds. The van der Waals surface area contributed by atoms with Gasteiger partial charge in [-0.25, -0.2) is 0 Å². The van der Waals surface area contributed by atoms with Gasteiger partial charge in [0.15, 0.2) is 0 Å². The number of ether oxygens (including phenoxy) is 3. The molecular formula is C18H25NO6. The van der Waals surface area contributed by atoms with Gasteiger partial charge in [-0.2, -0.15) is 0 Å². The van der Waals surface area contributed by atoms with E-state index in [4.69, 9.17) is 14.2 Å². The fourth-order valence-corrected chi connectivity index (χ4v) is 2.91. The van der Waals surface area contributed by atoms with E-state index in [1.165, 1.54) is 0 Å². The molecule has 2 rings (SSSR count). The SMILES string of the molecule is COc1ccc(OC)c(CCC(=O)NCC2(C(=O)O)CCOCC2)c1. The summed E-state index contributed by atoms with van der Waals surface area (Å²) in [6.07, 6.45) is 1.55. The van der Waals surface area contributed by atoms with Crippen molar-refractivity contribution < 1.29 is 28.9 Å². The molecule has 0 bridgehead atoms. The first kappa shape index (κ1) is 19.1. The number of aliphatic carboxylic acids is 1. The van der Waals surface area contributed by atoms with Crippen LogP contribution in [0.4, 0.5) is 0 Å². The Morgan fingerprint density at radius 3 is 2.56 bits per heavy atom. The summed E-state index contributed by atoms with van der Waals surface area (Å²) in [6.45, 7) is 0.937. The van der Waals surface area contributed by atoms with Crippen LogP contribution >= 0.6 is 0 Å². The van der Waals surface area contributed by atoms with Crippen LogP contribution in [-0.4, -0.2) is 51.0 Å².